The minimum atomic E-state index is -0.535. The average Bonchev–Trinajstić information content (AvgIpc) is 2.54. The number of hydrogen-bond donors (Lipinski definition) is 0. The van der Waals surface area contributed by atoms with E-state index in [-0.39, 0.29) is 18.1 Å². The van der Waals surface area contributed by atoms with Crippen molar-refractivity contribution < 1.29 is 19.1 Å². The van der Waals surface area contributed by atoms with Gasteiger partial charge in [0.15, 0.2) is 0 Å². The van der Waals surface area contributed by atoms with Crippen molar-refractivity contribution in [2.24, 2.45) is 0 Å². The zero-order valence-corrected chi connectivity index (χ0v) is 16.7. The number of hydrogen-bond acceptors (Lipinski definition) is 5. The summed E-state index contributed by atoms with van der Waals surface area (Å²) in [4.78, 5) is 32.2. The van der Waals surface area contributed by atoms with Crippen molar-refractivity contribution in [1.82, 2.24) is 14.8 Å². The van der Waals surface area contributed by atoms with Gasteiger partial charge in [-0.1, -0.05) is 11.6 Å². The van der Waals surface area contributed by atoms with Crippen LogP contribution in [0.1, 0.15) is 45.0 Å². The van der Waals surface area contributed by atoms with Crippen molar-refractivity contribution in [1.29, 1.82) is 0 Å². The van der Waals surface area contributed by atoms with E-state index in [1.165, 1.54) is 6.20 Å². The number of carbonyl (C=O) groups is 2. The molecule has 0 bridgehead atoms. The van der Waals surface area contributed by atoms with Gasteiger partial charge in [0.2, 0.25) is 5.88 Å². The highest BCUT2D eigenvalue weighted by atomic mass is 35.5. The Kier molecular flexibility index (Phi) is 6.34. The van der Waals surface area contributed by atoms with Crippen molar-refractivity contribution in [3.05, 3.63) is 22.8 Å². The zero-order chi connectivity index (χ0) is 19.5. The lowest BCUT2D eigenvalue weighted by atomic mass is 10.2. The first-order chi connectivity index (χ1) is 12.1. The Morgan fingerprint density at radius 2 is 1.73 bits per heavy atom. The molecule has 1 aromatic heterocycles. The van der Waals surface area contributed by atoms with Gasteiger partial charge < -0.3 is 19.3 Å². The molecule has 1 fully saturated rings. The van der Waals surface area contributed by atoms with E-state index in [9.17, 15) is 9.59 Å². The third kappa shape index (κ3) is 5.49. The van der Waals surface area contributed by atoms with Crippen LogP contribution in [-0.2, 0) is 4.74 Å². The summed E-state index contributed by atoms with van der Waals surface area (Å²) in [6.45, 7) is 10.9. The van der Waals surface area contributed by atoms with Gasteiger partial charge in [-0.15, -0.1) is 0 Å². The summed E-state index contributed by atoms with van der Waals surface area (Å²) in [5.41, 5.74) is -0.136. The summed E-state index contributed by atoms with van der Waals surface area (Å²) in [7, 11) is 0. The fourth-order valence-electron chi connectivity index (χ4n) is 2.45. The lowest BCUT2D eigenvalue weighted by Gasteiger charge is -2.35. The van der Waals surface area contributed by atoms with Gasteiger partial charge in [-0.25, -0.2) is 9.78 Å². The highest BCUT2D eigenvalue weighted by Gasteiger charge is 2.28. The largest absolute Gasteiger partial charge is 0.474 e. The van der Waals surface area contributed by atoms with Gasteiger partial charge in [0.25, 0.3) is 5.91 Å². The van der Waals surface area contributed by atoms with Gasteiger partial charge in [0.1, 0.15) is 10.6 Å². The third-order valence-electron chi connectivity index (χ3n) is 3.62. The predicted molar refractivity (Wildman–Crippen MR) is 98.7 cm³/mol. The molecule has 2 amide bonds. The van der Waals surface area contributed by atoms with E-state index in [2.05, 4.69) is 4.98 Å². The zero-order valence-electron chi connectivity index (χ0n) is 15.9. The van der Waals surface area contributed by atoms with Crippen molar-refractivity contribution in [3.63, 3.8) is 0 Å². The smallest absolute Gasteiger partial charge is 0.410 e. The van der Waals surface area contributed by atoms with Gasteiger partial charge in [0.05, 0.1) is 11.7 Å². The standard InChI is InChI=1S/C18H26ClN3O4/c1-12(2)25-15-14(19)10-13(11-20-15)16(23)21-6-8-22(9-7-21)17(24)26-18(3,4)5/h10-12H,6-9H2,1-5H3. The molecule has 0 saturated carbocycles. The number of carbonyl (C=O) groups excluding carboxylic acids is 2. The number of aromatic nitrogens is 1. The van der Waals surface area contributed by atoms with Crippen molar-refractivity contribution in [2.75, 3.05) is 26.2 Å². The predicted octanol–water partition coefficient (Wildman–Crippen LogP) is 3.22. The molecule has 1 aliphatic heterocycles. The molecule has 2 heterocycles. The number of nitrogens with zero attached hydrogens (tertiary/aromatic N) is 3. The molecule has 0 atom stereocenters. The summed E-state index contributed by atoms with van der Waals surface area (Å²) in [6, 6.07) is 1.56. The Labute approximate surface area is 159 Å². The van der Waals surface area contributed by atoms with Gasteiger partial charge in [-0.2, -0.15) is 0 Å². The van der Waals surface area contributed by atoms with Crippen LogP contribution in [0.15, 0.2) is 12.3 Å². The Balaban J connectivity index is 1.96. The number of amides is 2. The van der Waals surface area contributed by atoms with Crippen LogP contribution in [-0.4, -0.2) is 64.7 Å². The number of piperazine rings is 1. The highest BCUT2D eigenvalue weighted by Crippen LogP contribution is 2.24. The fourth-order valence-corrected chi connectivity index (χ4v) is 2.66. The molecule has 26 heavy (non-hydrogen) atoms. The number of rotatable bonds is 3. The number of ether oxygens (including phenoxy) is 2. The maximum atomic E-state index is 12.6. The van der Waals surface area contributed by atoms with Crippen LogP contribution in [0.25, 0.3) is 0 Å². The molecule has 0 spiro atoms. The Morgan fingerprint density at radius 1 is 1.15 bits per heavy atom. The number of halogens is 1. The van der Waals surface area contributed by atoms with E-state index in [0.29, 0.717) is 42.6 Å². The summed E-state index contributed by atoms with van der Waals surface area (Å²) >= 11 is 6.16. The van der Waals surface area contributed by atoms with Crippen molar-refractivity contribution >= 4 is 23.6 Å². The molecule has 0 aromatic carbocycles. The normalized spacial score (nSPS) is 15.2. The lowest BCUT2D eigenvalue weighted by molar-refractivity contribution is 0.0141. The third-order valence-corrected chi connectivity index (χ3v) is 3.89. The SMILES string of the molecule is CC(C)Oc1ncc(C(=O)N2CCN(C(=O)OC(C)(C)C)CC2)cc1Cl. The molecule has 0 aliphatic carbocycles. The van der Waals surface area contributed by atoms with Crippen LogP contribution < -0.4 is 4.74 Å². The molecule has 0 unspecified atom stereocenters. The van der Waals surface area contributed by atoms with Crippen LogP contribution in [0.5, 0.6) is 5.88 Å². The molecule has 1 saturated heterocycles. The first kappa shape index (κ1) is 20.3. The van der Waals surface area contributed by atoms with Gasteiger partial charge in [-0.05, 0) is 40.7 Å². The molecule has 0 radical (unpaired) electrons. The van der Waals surface area contributed by atoms with Crippen LogP contribution >= 0.6 is 11.6 Å². The first-order valence-electron chi connectivity index (χ1n) is 8.66. The molecule has 144 valence electrons. The van der Waals surface area contributed by atoms with Gasteiger partial charge >= 0.3 is 6.09 Å². The van der Waals surface area contributed by atoms with Gasteiger partial charge in [0, 0.05) is 32.4 Å². The first-order valence-corrected chi connectivity index (χ1v) is 9.04. The minimum absolute atomic E-state index is 0.0533. The van der Waals surface area contributed by atoms with Crippen LogP contribution in [0.3, 0.4) is 0 Å². The summed E-state index contributed by atoms with van der Waals surface area (Å²) in [6.07, 6.45) is 1.05. The molecule has 1 aromatic rings. The second-order valence-electron chi connectivity index (χ2n) is 7.44. The Morgan fingerprint density at radius 3 is 2.23 bits per heavy atom. The van der Waals surface area contributed by atoms with Crippen molar-refractivity contribution in [3.8, 4) is 5.88 Å². The molecule has 1 aliphatic rings. The molecule has 8 heteroatoms. The number of pyridine rings is 1. The Hall–Kier alpha value is -2.02. The van der Waals surface area contributed by atoms with Crippen LogP contribution in [0.2, 0.25) is 5.02 Å². The van der Waals surface area contributed by atoms with E-state index in [1.807, 2.05) is 34.6 Å². The fraction of sp³-hybridized carbons (Fsp3) is 0.611. The van der Waals surface area contributed by atoms with Crippen molar-refractivity contribution in [2.45, 2.75) is 46.3 Å². The molecular weight excluding hydrogens is 358 g/mol. The average molecular weight is 384 g/mol. The summed E-state index contributed by atoms with van der Waals surface area (Å²) in [5, 5.41) is 0.303. The molecule has 7 nitrogen and oxygen atoms in total. The van der Waals surface area contributed by atoms with E-state index in [1.54, 1.807) is 15.9 Å². The second-order valence-corrected chi connectivity index (χ2v) is 7.84. The topological polar surface area (TPSA) is 72.0 Å². The molecule has 2 rings (SSSR count). The maximum Gasteiger partial charge on any atom is 0.410 e. The maximum absolute atomic E-state index is 12.6. The minimum Gasteiger partial charge on any atom is -0.474 e. The monoisotopic (exact) mass is 383 g/mol. The molecular formula is C18H26ClN3O4. The van der Waals surface area contributed by atoms with E-state index >= 15 is 0 Å². The quantitative estimate of drug-likeness (QED) is 0.801. The van der Waals surface area contributed by atoms with Crippen LogP contribution in [0, 0.1) is 0 Å². The molecule has 0 N–H and O–H groups in total. The highest BCUT2D eigenvalue weighted by molar-refractivity contribution is 6.32. The van der Waals surface area contributed by atoms with E-state index < -0.39 is 5.60 Å². The summed E-state index contributed by atoms with van der Waals surface area (Å²) in [5.74, 6) is 0.146. The summed E-state index contributed by atoms with van der Waals surface area (Å²) < 4.78 is 10.8. The van der Waals surface area contributed by atoms with E-state index in [4.69, 9.17) is 21.1 Å². The van der Waals surface area contributed by atoms with E-state index in [0.717, 1.165) is 0 Å². The lowest BCUT2D eigenvalue weighted by Crippen LogP contribution is -2.51. The second kappa shape index (κ2) is 8.12. The van der Waals surface area contributed by atoms with Gasteiger partial charge in [-0.3, -0.25) is 4.79 Å². The van der Waals surface area contributed by atoms with Crippen LogP contribution in [0.4, 0.5) is 4.79 Å². The Bertz CT molecular complexity index is 665.